The molecule has 0 unspecified atom stereocenters. The van der Waals surface area contributed by atoms with Crippen LogP contribution in [0.25, 0.3) is 0 Å². The van der Waals surface area contributed by atoms with Gasteiger partial charge in [-0.3, -0.25) is 9.69 Å². The maximum Gasteiger partial charge on any atom is 0.308 e. The van der Waals surface area contributed by atoms with Crippen LogP contribution in [0, 0.1) is 5.92 Å². The second kappa shape index (κ2) is 5.85. The summed E-state index contributed by atoms with van der Waals surface area (Å²) in [7, 11) is 0. The Bertz CT molecular complexity index is 265. The van der Waals surface area contributed by atoms with Crippen LogP contribution in [0.1, 0.15) is 52.4 Å². The van der Waals surface area contributed by atoms with E-state index in [0.29, 0.717) is 6.04 Å². The van der Waals surface area contributed by atoms with Crippen molar-refractivity contribution < 1.29 is 9.53 Å². The highest BCUT2D eigenvalue weighted by molar-refractivity contribution is 5.72. The van der Waals surface area contributed by atoms with Crippen molar-refractivity contribution in [3.05, 3.63) is 0 Å². The SMILES string of the molecule is CC[C@H](C)C(=O)O[C@@H]1CCCN2CCCC[C@H]12. The van der Waals surface area contributed by atoms with Crippen LogP contribution in [-0.4, -0.2) is 36.1 Å². The zero-order valence-electron chi connectivity index (χ0n) is 11.2. The molecular formula is C14H25NO2. The van der Waals surface area contributed by atoms with Gasteiger partial charge < -0.3 is 4.74 Å². The molecule has 2 saturated heterocycles. The smallest absolute Gasteiger partial charge is 0.308 e. The van der Waals surface area contributed by atoms with Gasteiger partial charge in [0.2, 0.25) is 0 Å². The summed E-state index contributed by atoms with van der Waals surface area (Å²) in [5.74, 6) is 0.0545. The number of esters is 1. The van der Waals surface area contributed by atoms with Gasteiger partial charge in [-0.1, -0.05) is 20.3 Å². The van der Waals surface area contributed by atoms with Crippen LogP contribution in [0.3, 0.4) is 0 Å². The topological polar surface area (TPSA) is 29.5 Å². The molecule has 0 aromatic rings. The summed E-state index contributed by atoms with van der Waals surface area (Å²) in [5, 5.41) is 0. The largest absolute Gasteiger partial charge is 0.460 e. The van der Waals surface area contributed by atoms with Crippen molar-refractivity contribution in [1.82, 2.24) is 4.90 Å². The lowest BCUT2D eigenvalue weighted by atomic mass is 9.90. The Morgan fingerprint density at radius 2 is 2.06 bits per heavy atom. The molecule has 0 N–H and O–H groups in total. The summed E-state index contributed by atoms with van der Waals surface area (Å²) < 4.78 is 5.73. The zero-order valence-corrected chi connectivity index (χ0v) is 11.2. The molecule has 17 heavy (non-hydrogen) atoms. The highest BCUT2D eigenvalue weighted by Gasteiger charge is 2.35. The fourth-order valence-corrected chi connectivity index (χ4v) is 2.97. The van der Waals surface area contributed by atoms with E-state index in [4.69, 9.17) is 4.74 Å². The van der Waals surface area contributed by atoms with Crippen LogP contribution in [0.4, 0.5) is 0 Å². The van der Waals surface area contributed by atoms with Gasteiger partial charge in [0.1, 0.15) is 6.10 Å². The van der Waals surface area contributed by atoms with Crippen molar-refractivity contribution in [2.75, 3.05) is 13.1 Å². The van der Waals surface area contributed by atoms with Crippen molar-refractivity contribution in [2.45, 2.75) is 64.5 Å². The fraction of sp³-hybridized carbons (Fsp3) is 0.929. The molecule has 0 radical (unpaired) electrons. The van der Waals surface area contributed by atoms with Crippen molar-refractivity contribution in [3.63, 3.8) is 0 Å². The number of piperidine rings is 2. The summed E-state index contributed by atoms with van der Waals surface area (Å²) in [6.45, 7) is 6.40. The van der Waals surface area contributed by atoms with Gasteiger partial charge in [-0.25, -0.2) is 0 Å². The Balaban J connectivity index is 1.92. The summed E-state index contributed by atoms with van der Waals surface area (Å²) in [4.78, 5) is 14.4. The molecule has 2 aliphatic rings. The molecule has 2 heterocycles. The molecule has 3 atom stereocenters. The van der Waals surface area contributed by atoms with Crippen LogP contribution >= 0.6 is 0 Å². The van der Waals surface area contributed by atoms with Crippen LogP contribution < -0.4 is 0 Å². The first kappa shape index (κ1) is 12.9. The lowest BCUT2D eigenvalue weighted by molar-refractivity contribution is -0.160. The summed E-state index contributed by atoms with van der Waals surface area (Å²) in [6.07, 6.45) is 7.07. The first-order valence-corrected chi connectivity index (χ1v) is 7.17. The maximum absolute atomic E-state index is 11.9. The third-order valence-corrected chi connectivity index (χ3v) is 4.31. The van der Waals surface area contributed by atoms with E-state index < -0.39 is 0 Å². The third kappa shape index (κ3) is 3.01. The molecule has 0 aliphatic carbocycles. The Kier molecular flexibility index (Phi) is 4.43. The molecule has 0 spiro atoms. The Morgan fingerprint density at radius 1 is 1.29 bits per heavy atom. The normalized spacial score (nSPS) is 31.6. The lowest BCUT2D eigenvalue weighted by Gasteiger charge is -2.43. The standard InChI is InChI=1S/C14H25NO2/c1-3-11(2)14(16)17-13-8-6-10-15-9-5-4-7-12(13)15/h11-13H,3-10H2,1-2H3/t11-,12+,13+/m0/s1. The number of carbonyl (C=O) groups excluding carboxylic acids is 1. The van der Waals surface area contributed by atoms with Crippen LogP contribution in [0.2, 0.25) is 0 Å². The molecule has 0 saturated carbocycles. The average molecular weight is 239 g/mol. The number of rotatable bonds is 3. The van der Waals surface area contributed by atoms with E-state index in [1.807, 2.05) is 13.8 Å². The third-order valence-electron chi connectivity index (χ3n) is 4.31. The van der Waals surface area contributed by atoms with E-state index in [1.165, 1.54) is 38.8 Å². The van der Waals surface area contributed by atoms with Crippen molar-refractivity contribution in [2.24, 2.45) is 5.92 Å². The molecule has 2 fully saturated rings. The number of ether oxygens (including phenoxy) is 1. The minimum absolute atomic E-state index is 0.00456. The fourth-order valence-electron chi connectivity index (χ4n) is 2.97. The monoisotopic (exact) mass is 239 g/mol. The molecule has 98 valence electrons. The number of fused-ring (bicyclic) bond motifs is 1. The van der Waals surface area contributed by atoms with E-state index in [0.717, 1.165) is 12.8 Å². The number of carbonyl (C=O) groups is 1. The van der Waals surface area contributed by atoms with Crippen molar-refractivity contribution in [1.29, 1.82) is 0 Å². The van der Waals surface area contributed by atoms with Gasteiger partial charge >= 0.3 is 5.97 Å². The Morgan fingerprint density at radius 3 is 2.82 bits per heavy atom. The van der Waals surface area contributed by atoms with Gasteiger partial charge in [0.25, 0.3) is 0 Å². The molecule has 0 aromatic heterocycles. The lowest BCUT2D eigenvalue weighted by Crippen LogP contribution is -2.52. The second-order valence-corrected chi connectivity index (χ2v) is 5.53. The Hall–Kier alpha value is -0.570. The number of hydrogen-bond acceptors (Lipinski definition) is 3. The van der Waals surface area contributed by atoms with Gasteiger partial charge in [-0.05, 0) is 45.2 Å². The average Bonchev–Trinajstić information content (AvgIpc) is 2.38. The molecule has 2 aliphatic heterocycles. The minimum Gasteiger partial charge on any atom is -0.460 e. The van der Waals surface area contributed by atoms with Gasteiger partial charge in [0, 0.05) is 6.04 Å². The van der Waals surface area contributed by atoms with Crippen LogP contribution in [0.15, 0.2) is 0 Å². The van der Waals surface area contributed by atoms with E-state index in [2.05, 4.69) is 4.90 Å². The van der Waals surface area contributed by atoms with E-state index in [1.54, 1.807) is 0 Å². The zero-order chi connectivity index (χ0) is 12.3. The molecule has 2 rings (SSSR count). The summed E-state index contributed by atoms with van der Waals surface area (Å²) in [6, 6.07) is 0.505. The van der Waals surface area contributed by atoms with E-state index >= 15 is 0 Å². The predicted molar refractivity (Wildman–Crippen MR) is 67.8 cm³/mol. The quantitative estimate of drug-likeness (QED) is 0.709. The predicted octanol–water partition coefficient (Wildman–Crippen LogP) is 2.59. The Labute approximate surface area is 105 Å². The van der Waals surface area contributed by atoms with Crippen molar-refractivity contribution >= 4 is 5.97 Å². The number of hydrogen-bond donors (Lipinski definition) is 0. The second-order valence-electron chi connectivity index (χ2n) is 5.53. The highest BCUT2D eigenvalue weighted by Crippen LogP contribution is 2.28. The molecule has 0 bridgehead atoms. The summed E-state index contributed by atoms with van der Waals surface area (Å²) >= 11 is 0. The molecule has 0 amide bonds. The maximum atomic E-state index is 11.9. The van der Waals surface area contributed by atoms with Crippen molar-refractivity contribution in [3.8, 4) is 0 Å². The van der Waals surface area contributed by atoms with Gasteiger partial charge in [0.15, 0.2) is 0 Å². The molecule has 3 nitrogen and oxygen atoms in total. The minimum atomic E-state index is 0.00456. The van der Waals surface area contributed by atoms with E-state index in [9.17, 15) is 4.79 Å². The van der Waals surface area contributed by atoms with E-state index in [-0.39, 0.29) is 18.0 Å². The highest BCUT2D eigenvalue weighted by atomic mass is 16.5. The van der Waals surface area contributed by atoms with Crippen LogP contribution in [-0.2, 0) is 9.53 Å². The number of nitrogens with zero attached hydrogens (tertiary/aromatic N) is 1. The molecular weight excluding hydrogens is 214 g/mol. The first-order chi connectivity index (χ1) is 8.22. The summed E-state index contributed by atoms with van der Waals surface area (Å²) in [5.41, 5.74) is 0. The van der Waals surface area contributed by atoms with Gasteiger partial charge in [-0.15, -0.1) is 0 Å². The molecule has 3 heteroatoms. The molecule has 0 aromatic carbocycles. The first-order valence-electron chi connectivity index (χ1n) is 7.17. The van der Waals surface area contributed by atoms with Gasteiger partial charge in [0.05, 0.1) is 5.92 Å². The van der Waals surface area contributed by atoms with Crippen LogP contribution in [0.5, 0.6) is 0 Å². The van der Waals surface area contributed by atoms with Gasteiger partial charge in [-0.2, -0.15) is 0 Å².